The molecule has 3 rings (SSSR count). The summed E-state index contributed by atoms with van der Waals surface area (Å²) in [6.07, 6.45) is 3.06. The Kier molecular flexibility index (Phi) is 6.79. The summed E-state index contributed by atoms with van der Waals surface area (Å²) in [4.78, 5) is 12.7. The van der Waals surface area contributed by atoms with E-state index in [1.54, 1.807) is 10.8 Å². The number of aryl methyl sites for hydroxylation is 2. The second-order valence-electron chi connectivity index (χ2n) is 7.44. The SMILES string of the molecule is Cc1ccc(Cn2nc(C)c(/C=C/C(=O)c3ccc(S(=O)(=O)N(C)C)cc3)c2Cl)cc1. The minimum Gasteiger partial charge on any atom is -0.289 e. The van der Waals surface area contributed by atoms with Crippen molar-refractivity contribution in [1.29, 1.82) is 0 Å². The molecule has 0 N–H and O–H groups in total. The van der Waals surface area contributed by atoms with Crippen LogP contribution in [0.2, 0.25) is 5.15 Å². The number of sulfonamides is 1. The average Bonchev–Trinajstić information content (AvgIpc) is 3.00. The first-order valence-electron chi connectivity index (χ1n) is 9.63. The van der Waals surface area contributed by atoms with Crippen LogP contribution in [0.4, 0.5) is 0 Å². The first-order valence-corrected chi connectivity index (χ1v) is 11.4. The second kappa shape index (κ2) is 9.18. The topological polar surface area (TPSA) is 72.3 Å². The lowest BCUT2D eigenvalue weighted by molar-refractivity contribution is 0.104. The zero-order valence-corrected chi connectivity index (χ0v) is 19.4. The van der Waals surface area contributed by atoms with Gasteiger partial charge in [-0.1, -0.05) is 41.4 Å². The average molecular weight is 458 g/mol. The van der Waals surface area contributed by atoms with Crippen molar-refractivity contribution >= 4 is 33.5 Å². The molecule has 162 valence electrons. The van der Waals surface area contributed by atoms with Crippen molar-refractivity contribution in [2.45, 2.75) is 25.3 Å². The third-order valence-electron chi connectivity index (χ3n) is 4.88. The summed E-state index contributed by atoms with van der Waals surface area (Å²) < 4.78 is 27.1. The quantitative estimate of drug-likeness (QED) is 0.390. The fraction of sp³-hybridized carbons (Fsp3) is 0.217. The van der Waals surface area contributed by atoms with Crippen LogP contribution in [0.1, 0.15) is 32.7 Å². The number of benzene rings is 2. The van der Waals surface area contributed by atoms with Crippen LogP contribution in [0.5, 0.6) is 0 Å². The number of hydrogen-bond donors (Lipinski definition) is 0. The Bertz CT molecular complexity index is 1230. The molecule has 0 bridgehead atoms. The minimum atomic E-state index is -3.54. The molecule has 0 atom stereocenters. The standard InChI is InChI=1S/C23H24ClN3O3S/c1-16-5-7-18(8-6-16)15-27-23(24)21(17(2)25-27)13-14-22(28)19-9-11-20(12-10-19)31(29,30)26(3)4/h5-14H,15H2,1-4H3/b14-13+. The van der Waals surface area contributed by atoms with Gasteiger partial charge < -0.3 is 0 Å². The van der Waals surface area contributed by atoms with Gasteiger partial charge in [0.25, 0.3) is 0 Å². The van der Waals surface area contributed by atoms with E-state index >= 15 is 0 Å². The Morgan fingerprint density at radius 1 is 1.06 bits per heavy atom. The van der Waals surface area contributed by atoms with E-state index in [0.29, 0.717) is 28.5 Å². The summed E-state index contributed by atoms with van der Waals surface area (Å²) >= 11 is 6.51. The van der Waals surface area contributed by atoms with Crippen molar-refractivity contribution in [3.8, 4) is 0 Å². The van der Waals surface area contributed by atoms with Crippen LogP contribution in [0.3, 0.4) is 0 Å². The van der Waals surface area contributed by atoms with Gasteiger partial charge in [0.2, 0.25) is 10.0 Å². The summed E-state index contributed by atoms with van der Waals surface area (Å²) in [6, 6.07) is 14.0. The number of ketones is 1. The van der Waals surface area contributed by atoms with Gasteiger partial charge in [0.1, 0.15) is 5.15 Å². The Morgan fingerprint density at radius 3 is 2.26 bits per heavy atom. The van der Waals surface area contributed by atoms with Crippen LogP contribution in [-0.4, -0.2) is 42.4 Å². The smallest absolute Gasteiger partial charge is 0.242 e. The zero-order chi connectivity index (χ0) is 22.8. The van der Waals surface area contributed by atoms with Crippen LogP contribution >= 0.6 is 11.6 Å². The summed E-state index contributed by atoms with van der Waals surface area (Å²) in [5.74, 6) is -0.254. The molecule has 0 aliphatic carbocycles. The number of hydrogen-bond acceptors (Lipinski definition) is 4. The van der Waals surface area contributed by atoms with Gasteiger partial charge >= 0.3 is 0 Å². The molecule has 0 aliphatic heterocycles. The molecule has 1 heterocycles. The third kappa shape index (κ3) is 5.12. The number of halogens is 1. The van der Waals surface area contributed by atoms with Gasteiger partial charge in [-0.05, 0) is 55.8 Å². The van der Waals surface area contributed by atoms with Crippen LogP contribution in [0.25, 0.3) is 6.08 Å². The molecule has 8 heteroatoms. The van der Waals surface area contributed by atoms with Gasteiger partial charge in [0.05, 0.1) is 17.1 Å². The highest BCUT2D eigenvalue weighted by molar-refractivity contribution is 7.89. The second-order valence-corrected chi connectivity index (χ2v) is 9.95. The molecule has 0 amide bonds. The number of rotatable bonds is 7. The Hall–Kier alpha value is -2.74. The fourth-order valence-corrected chi connectivity index (χ4v) is 4.18. The maximum atomic E-state index is 12.5. The van der Waals surface area contributed by atoms with E-state index in [4.69, 9.17) is 11.6 Å². The van der Waals surface area contributed by atoms with Crippen molar-refractivity contribution in [3.05, 3.63) is 87.7 Å². The molecule has 0 radical (unpaired) electrons. The Balaban J connectivity index is 1.78. The van der Waals surface area contributed by atoms with E-state index in [0.717, 1.165) is 9.87 Å². The molecule has 0 spiro atoms. The normalized spacial score (nSPS) is 12.1. The molecule has 0 fully saturated rings. The lowest BCUT2D eigenvalue weighted by Crippen LogP contribution is -2.22. The molecule has 1 aromatic heterocycles. The van der Waals surface area contributed by atoms with Crippen molar-refractivity contribution < 1.29 is 13.2 Å². The summed E-state index contributed by atoms with van der Waals surface area (Å²) in [6.45, 7) is 4.40. The number of allylic oxidation sites excluding steroid dienone is 1. The Labute approximate surface area is 187 Å². The summed E-state index contributed by atoms with van der Waals surface area (Å²) in [7, 11) is -0.615. The number of carbonyl (C=O) groups excluding carboxylic acids is 1. The van der Waals surface area contributed by atoms with Crippen LogP contribution in [0.15, 0.2) is 59.5 Å². The predicted octanol–water partition coefficient (Wildman–Crippen LogP) is 4.35. The first-order chi connectivity index (χ1) is 14.6. The van der Waals surface area contributed by atoms with E-state index in [-0.39, 0.29) is 10.7 Å². The Morgan fingerprint density at radius 2 is 1.68 bits per heavy atom. The molecule has 2 aromatic carbocycles. The van der Waals surface area contributed by atoms with Gasteiger partial charge in [-0.15, -0.1) is 0 Å². The van der Waals surface area contributed by atoms with Crippen molar-refractivity contribution in [3.63, 3.8) is 0 Å². The van der Waals surface area contributed by atoms with E-state index < -0.39 is 10.0 Å². The van der Waals surface area contributed by atoms with Gasteiger partial charge in [-0.2, -0.15) is 5.10 Å². The molecular formula is C23H24ClN3O3S. The molecule has 0 saturated heterocycles. The summed E-state index contributed by atoms with van der Waals surface area (Å²) in [5.41, 5.74) is 4.03. The van der Waals surface area contributed by atoms with E-state index in [1.807, 2.05) is 38.1 Å². The lowest BCUT2D eigenvalue weighted by Gasteiger charge is -2.11. The van der Waals surface area contributed by atoms with E-state index in [2.05, 4.69) is 5.10 Å². The molecule has 0 aliphatic rings. The van der Waals surface area contributed by atoms with Gasteiger partial charge in [-0.3, -0.25) is 4.79 Å². The van der Waals surface area contributed by atoms with Crippen molar-refractivity contribution in [2.75, 3.05) is 14.1 Å². The van der Waals surface area contributed by atoms with Crippen molar-refractivity contribution in [1.82, 2.24) is 14.1 Å². The lowest BCUT2D eigenvalue weighted by atomic mass is 10.1. The molecular weight excluding hydrogens is 434 g/mol. The first kappa shape index (κ1) is 22.9. The highest BCUT2D eigenvalue weighted by Gasteiger charge is 2.17. The van der Waals surface area contributed by atoms with E-state index in [1.165, 1.54) is 50.0 Å². The number of nitrogens with zero attached hydrogens (tertiary/aromatic N) is 3. The molecule has 6 nitrogen and oxygen atoms in total. The minimum absolute atomic E-state index is 0.134. The van der Waals surface area contributed by atoms with E-state index in [9.17, 15) is 13.2 Å². The summed E-state index contributed by atoms with van der Waals surface area (Å²) in [5, 5.41) is 4.94. The van der Waals surface area contributed by atoms with Gasteiger partial charge in [0.15, 0.2) is 5.78 Å². The molecule has 0 unspecified atom stereocenters. The van der Waals surface area contributed by atoms with Crippen LogP contribution in [-0.2, 0) is 16.6 Å². The zero-order valence-electron chi connectivity index (χ0n) is 17.8. The van der Waals surface area contributed by atoms with Gasteiger partial charge in [0, 0.05) is 25.2 Å². The molecule has 31 heavy (non-hydrogen) atoms. The van der Waals surface area contributed by atoms with Crippen LogP contribution in [0, 0.1) is 13.8 Å². The third-order valence-corrected chi connectivity index (χ3v) is 7.11. The maximum absolute atomic E-state index is 12.5. The number of carbonyl (C=O) groups is 1. The largest absolute Gasteiger partial charge is 0.289 e. The molecule has 3 aromatic rings. The highest BCUT2D eigenvalue weighted by Crippen LogP contribution is 2.23. The van der Waals surface area contributed by atoms with Gasteiger partial charge in [-0.25, -0.2) is 17.4 Å². The monoisotopic (exact) mass is 457 g/mol. The van der Waals surface area contributed by atoms with Crippen LogP contribution < -0.4 is 0 Å². The highest BCUT2D eigenvalue weighted by atomic mass is 35.5. The van der Waals surface area contributed by atoms with Crippen molar-refractivity contribution in [2.24, 2.45) is 0 Å². The maximum Gasteiger partial charge on any atom is 0.242 e. The fourth-order valence-electron chi connectivity index (χ4n) is 2.98. The number of aromatic nitrogens is 2. The molecule has 0 saturated carbocycles. The predicted molar refractivity (Wildman–Crippen MR) is 123 cm³/mol.